The zero-order chi connectivity index (χ0) is 22.3. The molecule has 174 valence electrons. The number of nitrogens with zero attached hydrogens (tertiary/aromatic N) is 5. The van der Waals surface area contributed by atoms with E-state index >= 15 is 0 Å². The molecule has 0 radical (unpaired) electrons. The third kappa shape index (κ3) is 5.59. The Kier molecular flexibility index (Phi) is 7.63. The van der Waals surface area contributed by atoms with E-state index in [1.165, 1.54) is 43.4 Å². The van der Waals surface area contributed by atoms with Crippen LogP contribution in [0.3, 0.4) is 0 Å². The standard InChI is InChI=1S/C24H37N7O/c1-25-24(27-19-11-14-23-28-22(17-32-3)29-31(23)16-19)26-15-18-9-12-21(13-10-18)30(2)20-7-5-4-6-8-20/h9-10,12-13,19-20H,4-8,11,14-17H2,1-3H3,(H2,25,26,27). The van der Waals surface area contributed by atoms with Crippen LogP contribution in [0, 0.1) is 0 Å². The largest absolute Gasteiger partial charge is 0.377 e. The fourth-order valence-electron chi connectivity index (χ4n) is 4.77. The molecule has 2 N–H and O–H groups in total. The summed E-state index contributed by atoms with van der Waals surface area (Å²) in [7, 11) is 5.72. The molecule has 8 heteroatoms. The van der Waals surface area contributed by atoms with E-state index in [9.17, 15) is 0 Å². The molecule has 4 rings (SSSR count). The summed E-state index contributed by atoms with van der Waals surface area (Å²) in [6.07, 6.45) is 8.64. The number of rotatable bonds is 7. The van der Waals surface area contributed by atoms with Gasteiger partial charge in [0.15, 0.2) is 11.8 Å². The lowest BCUT2D eigenvalue weighted by molar-refractivity contribution is 0.177. The Hall–Kier alpha value is -2.61. The topological polar surface area (TPSA) is 79.6 Å². The first-order chi connectivity index (χ1) is 15.7. The van der Waals surface area contributed by atoms with Gasteiger partial charge in [0, 0.05) is 51.9 Å². The van der Waals surface area contributed by atoms with E-state index < -0.39 is 0 Å². The number of aromatic nitrogens is 3. The Morgan fingerprint density at radius 1 is 1.19 bits per heavy atom. The van der Waals surface area contributed by atoms with Gasteiger partial charge < -0.3 is 20.3 Å². The van der Waals surface area contributed by atoms with Gasteiger partial charge in [0.25, 0.3) is 0 Å². The lowest BCUT2D eigenvalue weighted by atomic mass is 9.94. The molecule has 8 nitrogen and oxygen atoms in total. The van der Waals surface area contributed by atoms with Gasteiger partial charge in [0.05, 0.1) is 6.54 Å². The average Bonchev–Trinajstić information content (AvgIpc) is 3.24. The summed E-state index contributed by atoms with van der Waals surface area (Å²) >= 11 is 0. The molecule has 2 heterocycles. The van der Waals surface area contributed by atoms with Crippen molar-refractivity contribution in [2.75, 3.05) is 26.1 Å². The molecule has 0 bridgehead atoms. The molecule has 1 unspecified atom stereocenters. The summed E-state index contributed by atoms with van der Waals surface area (Å²) in [5, 5.41) is 11.5. The maximum absolute atomic E-state index is 5.15. The van der Waals surface area contributed by atoms with E-state index in [2.05, 4.69) is 61.9 Å². The van der Waals surface area contributed by atoms with E-state index in [4.69, 9.17) is 4.74 Å². The summed E-state index contributed by atoms with van der Waals surface area (Å²) in [6.45, 7) is 1.98. The first kappa shape index (κ1) is 22.6. The van der Waals surface area contributed by atoms with Crippen LogP contribution in [0.25, 0.3) is 0 Å². The SMILES string of the molecule is CN=C(NCc1ccc(N(C)C2CCCCC2)cc1)NC1CCc2nc(COC)nn2C1. The number of guanidine groups is 1. The Bertz CT molecular complexity index is 886. The van der Waals surface area contributed by atoms with Crippen LogP contribution in [-0.4, -0.2) is 54.0 Å². The first-order valence-electron chi connectivity index (χ1n) is 11.9. The molecule has 0 saturated heterocycles. The van der Waals surface area contributed by atoms with Crippen LogP contribution in [0.1, 0.15) is 55.7 Å². The summed E-state index contributed by atoms with van der Waals surface area (Å²) in [4.78, 5) is 11.4. The van der Waals surface area contributed by atoms with Crippen molar-refractivity contribution in [2.24, 2.45) is 4.99 Å². The van der Waals surface area contributed by atoms with Crippen LogP contribution in [0.15, 0.2) is 29.3 Å². The molecule has 1 aliphatic heterocycles. The van der Waals surface area contributed by atoms with Gasteiger partial charge in [-0.3, -0.25) is 4.99 Å². The van der Waals surface area contributed by atoms with Gasteiger partial charge in [-0.05, 0) is 37.0 Å². The number of methoxy groups -OCH3 is 1. The molecule has 1 fully saturated rings. The van der Waals surface area contributed by atoms with E-state index in [1.54, 1.807) is 7.11 Å². The zero-order valence-electron chi connectivity index (χ0n) is 19.7. The van der Waals surface area contributed by atoms with Crippen LogP contribution < -0.4 is 15.5 Å². The second kappa shape index (κ2) is 10.8. The third-order valence-corrected chi connectivity index (χ3v) is 6.67. The van der Waals surface area contributed by atoms with E-state index in [1.807, 2.05) is 11.7 Å². The van der Waals surface area contributed by atoms with E-state index in [0.717, 1.165) is 43.5 Å². The molecule has 1 atom stereocenters. The summed E-state index contributed by atoms with van der Waals surface area (Å²) in [6, 6.07) is 9.88. The quantitative estimate of drug-likeness (QED) is 0.510. The van der Waals surface area contributed by atoms with Gasteiger partial charge in [0.1, 0.15) is 12.4 Å². The predicted molar refractivity (Wildman–Crippen MR) is 128 cm³/mol. The minimum atomic E-state index is 0.275. The number of aliphatic imine (C=N–C) groups is 1. The second-order valence-corrected chi connectivity index (χ2v) is 8.93. The second-order valence-electron chi connectivity index (χ2n) is 8.93. The number of hydrogen-bond donors (Lipinski definition) is 2. The van der Waals surface area contributed by atoms with Gasteiger partial charge in [-0.2, -0.15) is 5.10 Å². The van der Waals surface area contributed by atoms with Crippen LogP contribution in [0.5, 0.6) is 0 Å². The predicted octanol–water partition coefficient (Wildman–Crippen LogP) is 2.87. The minimum Gasteiger partial charge on any atom is -0.377 e. The summed E-state index contributed by atoms with van der Waals surface area (Å²) < 4.78 is 7.14. The van der Waals surface area contributed by atoms with Gasteiger partial charge in [0.2, 0.25) is 0 Å². The highest BCUT2D eigenvalue weighted by molar-refractivity contribution is 5.80. The Morgan fingerprint density at radius 3 is 2.69 bits per heavy atom. The number of ether oxygens (including phenoxy) is 1. The molecule has 2 aromatic rings. The highest BCUT2D eigenvalue weighted by atomic mass is 16.5. The van der Waals surface area contributed by atoms with Gasteiger partial charge in [-0.15, -0.1) is 0 Å². The molecular weight excluding hydrogens is 402 g/mol. The van der Waals surface area contributed by atoms with Crippen molar-refractivity contribution >= 4 is 11.6 Å². The number of anilines is 1. The van der Waals surface area contributed by atoms with Crippen molar-refractivity contribution < 1.29 is 4.74 Å². The molecule has 0 spiro atoms. The molecule has 1 aromatic carbocycles. The molecule has 1 aromatic heterocycles. The molecule has 2 aliphatic rings. The smallest absolute Gasteiger partial charge is 0.191 e. The highest BCUT2D eigenvalue weighted by Gasteiger charge is 2.22. The first-order valence-corrected chi connectivity index (χ1v) is 11.9. The van der Waals surface area contributed by atoms with Crippen molar-refractivity contribution in [2.45, 2.75) is 76.7 Å². The number of aryl methyl sites for hydroxylation is 1. The van der Waals surface area contributed by atoms with Crippen LogP contribution >= 0.6 is 0 Å². The maximum atomic E-state index is 5.15. The fraction of sp³-hybridized carbons (Fsp3) is 0.625. The third-order valence-electron chi connectivity index (χ3n) is 6.67. The minimum absolute atomic E-state index is 0.275. The summed E-state index contributed by atoms with van der Waals surface area (Å²) in [5.41, 5.74) is 2.56. The number of hydrogen-bond acceptors (Lipinski definition) is 5. The molecule has 1 aliphatic carbocycles. The average molecular weight is 440 g/mol. The van der Waals surface area contributed by atoms with Gasteiger partial charge >= 0.3 is 0 Å². The number of nitrogens with one attached hydrogen (secondary N) is 2. The molecule has 32 heavy (non-hydrogen) atoms. The monoisotopic (exact) mass is 439 g/mol. The summed E-state index contributed by atoms with van der Waals surface area (Å²) in [5.74, 6) is 2.61. The lowest BCUT2D eigenvalue weighted by Crippen LogP contribution is -2.46. The van der Waals surface area contributed by atoms with Crippen molar-refractivity contribution in [3.8, 4) is 0 Å². The fourth-order valence-corrected chi connectivity index (χ4v) is 4.77. The van der Waals surface area contributed by atoms with Crippen molar-refractivity contribution in [1.29, 1.82) is 0 Å². The van der Waals surface area contributed by atoms with Crippen molar-refractivity contribution in [3.05, 3.63) is 41.5 Å². The Balaban J connectivity index is 1.27. The van der Waals surface area contributed by atoms with Crippen molar-refractivity contribution in [1.82, 2.24) is 25.4 Å². The molecule has 0 amide bonds. The zero-order valence-corrected chi connectivity index (χ0v) is 19.7. The number of benzene rings is 1. The lowest BCUT2D eigenvalue weighted by Gasteiger charge is -2.33. The number of fused-ring (bicyclic) bond motifs is 1. The molecular formula is C24H37N7O. The van der Waals surface area contributed by atoms with Crippen LogP contribution in [0.4, 0.5) is 5.69 Å². The maximum Gasteiger partial charge on any atom is 0.191 e. The van der Waals surface area contributed by atoms with Crippen molar-refractivity contribution in [3.63, 3.8) is 0 Å². The highest BCUT2D eigenvalue weighted by Crippen LogP contribution is 2.26. The van der Waals surface area contributed by atoms with Gasteiger partial charge in [-0.25, -0.2) is 9.67 Å². The molecule has 1 saturated carbocycles. The normalized spacial score (nSPS) is 19.5. The van der Waals surface area contributed by atoms with Gasteiger partial charge in [-0.1, -0.05) is 31.4 Å². The van der Waals surface area contributed by atoms with Crippen LogP contribution in [-0.2, 0) is 30.9 Å². The van der Waals surface area contributed by atoms with E-state index in [-0.39, 0.29) is 6.04 Å². The Labute approximate surface area is 191 Å². The van der Waals surface area contributed by atoms with Crippen LogP contribution in [0.2, 0.25) is 0 Å². The van der Waals surface area contributed by atoms with E-state index in [0.29, 0.717) is 12.6 Å². The Morgan fingerprint density at radius 2 is 1.97 bits per heavy atom.